The minimum atomic E-state index is -0.299. The number of rotatable bonds is 7. The van der Waals surface area contributed by atoms with Gasteiger partial charge in [0.05, 0.1) is 6.54 Å². The third-order valence-corrected chi connectivity index (χ3v) is 5.64. The van der Waals surface area contributed by atoms with Gasteiger partial charge in [-0.25, -0.2) is 4.39 Å². The van der Waals surface area contributed by atoms with Gasteiger partial charge in [0.2, 0.25) is 23.5 Å². The van der Waals surface area contributed by atoms with Crippen molar-refractivity contribution in [3.05, 3.63) is 65.8 Å². The summed E-state index contributed by atoms with van der Waals surface area (Å²) in [7, 11) is 0. The van der Waals surface area contributed by atoms with Gasteiger partial charge >= 0.3 is 0 Å². The molecule has 1 aliphatic rings. The molecule has 0 aliphatic carbocycles. The van der Waals surface area contributed by atoms with E-state index in [1.54, 1.807) is 24.0 Å². The number of piperazine rings is 1. The summed E-state index contributed by atoms with van der Waals surface area (Å²) in [5, 5.41) is 6.56. The van der Waals surface area contributed by atoms with Gasteiger partial charge in [-0.1, -0.05) is 23.4 Å². The zero-order valence-corrected chi connectivity index (χ0v) is 18.5. The molecule has 2 heterocycles. The van der Waals surface area contributed by atoms with Crippen LogP contribution < -0.4 is 10.2 Å². The molecule has 9 heteroatoms. The lowest BCUT2D eigenvalue weighted by Crippen LogP contribution is -2.51. The molecule has 0 saturated carbocycles. The maximum atomic E-state index is 13.4. The second-order valence-electron chi connectivity index (χ2n) is 7.96. The average Bonchev–Trinajstić information content (AvgIpc) is 3.33. The maximum Gasteiger partial charge on any atom is 0.242 e. The minimum Gasteiger partial charge on any atom is -0.368 e. The molecule has 33 heavy (non-hydrogen) atoms. The molecule has 1 N–H and O–H groups in total. The van der Waals surface area contributed by atoms with Gasteiger partial charge in [-0.3, -0.25) is 9.59 Å². The molecule has 8 nitrogen and oxygen atoms in total. The molecule has 0 bridgehead atoms. The van der Waals surface area contributed by atoms with Crippen molar-refractivity contribution in [1.82, 2.24) is 20.4 Å². The predicted octanol–water partition coefficient (Wildman–Crippen LogP) is 2.58. The van der Waals surface area contributed by atoms with E-state index in [1.165, 1.54) is 6.07 Å². The lowest BCUT2D eigenvalue weighted by molar-refractivity contribution is -0.133. The number of carbonyl (C=O) groups excluding carboxylic acids is 2. The highest BCUT2D eigenvalue weighted by molar-refractivity contribution is 5.85. The van der Waals surface area contributed by atoms with Crippen LogP contribution in [0.4, 0.5) is 10.1 Å². The number of para-hydroxylation sites is 1. The fraction of sp³-hybridized carbons (Fsp3) is 0.333. The predicted molar refractivity (Wildman–Crippen MR) is 121 cm³/mol. The number of nitrogens with one attached hydrogen (secondary N) is 1. The van der Waals surface area contributed by atoms with E-state index in [1.807, 2.05) is 18.2 Å². The van der Waals surface area contributed by atoms with E-state index in [0.717, 1.165) is 18.8 Å². The number of carbonyl (C=O) groups is 2. The van der Waals surface area contributed by atoms with Crippen LogP contribution >= 0.6 is 0 Å². The van der Waals surface area contributed by atoms with Gasteiger partial charge in [0.15, 0.2) is 0 Å². The van der Waals surface area contributed by atoms with Gasteiger partial charge in [0.1, 0.15) is 5.82 Å². The number of amides is 2. The molecule has 0 radical (unpaired) electrons. The largest absolute Gasteiger partial charge is 0.368 e. The lowest BCUT2D eigenvalue weighted by atomic mass is 10.1. The van der Waals surface area contributed by atoms with Gasteiger partial charge in [0.25, 0.3) is 0 Å². The zero-order chi connectivity index (χ0) is 23.2. The van der Waals surface area contributed by atoms with E-state index in [0.29, 0.717) is 35.9 Å². The number of hydrogen-bond acceptors (Lipinski definition) is 6. The van der Waals surface area contributed by atoms with Crippen molar-refractivity contribution in [2.75, 3.05) is 37.6 Å². The fourth-order valence-corrected chi connectivity index (χ4v) is 3.71. The van der Waals surface area contributed by atoms with Crippen molar-refractivity contribution in [2.45, 2.75) is 19.8 Å². The number of aryl methyl sites for hydroxylation is 2. The van der Waals surface area contributed by atoms with E-state index in [-0.39, 0.29) is 37.0 Å². The molecule has 1 fully saturated rings. The van der Waals surface area contributed by atoms with Crippen LogP contribution in [0.3, 0.4) is 0 Å². The highest BCUT2D eigenvalue weighted by Crippen LogP contribution is 2.19. The number of hydrogen-bond donors (Lipinski definition) is 1. The first-order valence-corrected chi connectivity index (χ1v) is 10.9. The van der Waals surface area contributed by atoms with E-state index in [2.05, 4.69) is 32.5 Å². The van der Waals surface area contributed by atoms with Crippen LogP contribution in [0.1, 0.15) is 17.9 Å². The van der Waals surface area contributed by atoms with Crippen molar-refractivity contribution >= 4 is 17.5 Å². The number of nitrogens with zero attached hydrogens (tertiary/aromatic N) is 4. The molecule has 0 atom stereocenters. The van der Waals surface area contributed by atoms with Crippen LogP contribution in [-0.4, -0.2) is 59.6 Å². The lowest BCUT2D eigenvalue weighted by Gasteiger charge is -2.36. The molecule has 2 aromatic carbocycles. The SMILES string of the molecule is Cc1cc(-c2noc(CCC(=O)NCC(=O)N3CCN(c4ccccc4)CC3)n2)ccc1F. The molecule has 0 spiro atoms. The van der Waals surface area contributed by atoms with E-state index >= 15 is 0 Å². The Bertz CT molecular complexity index is 1110. The number of anilines is 1. The minimum absolute atomic E-state index is 0.0336. The molecule has 2 amide bonds. The monoisotopic (exact) mass is 451 g/mol. The van der Waals surface area contributed by atoms with E-state index in [4.69, 9.17) is 4.52 Å². The summed E-state index contributed by atoms with van der Waals surface area (Å²) in [6.45, 7) is 4.39. The van der Waals surface area contributed by atoms with Gasteiger partial charge in [-0.05, 0) is 42.8 Å². The topological polar surface area (TPSA) is 91.6 Å². The van der Waals surface area contributed by atoms with Gasteiger partial charge < -0.3 is 19.6 Å². The third kappa shape index (κ3) is 5.74. The number of aromatic nitrogens is 2. The van der Waals surface area contributed by atoms with Crippen LogP contribution in [0.5, 0.6) is 0 Å². The standard InChI is InChI=1S/C24H26FN5O3/c1-17-15-18(7-8-20(17)25)24-27-22(33-28-24)10-9-21(31)26-16-23(32)30-13-11-29(12-14-30)19-5-3-2-4-6-19/h2-8,15H,9-14,16H2,1H3,(H,26,31). The molecular weight excluding hydrogens is 425 g/mol. The summed E-state index contributed by atoms with van der Waals surface area (Å²) in [6.07, 6.45) is 0.377. The van der Waals surface area contributed by atoms with Crippen molar-refractivity contribution in [3.8, 4) is 11.4 Å². The molecule has 172 valence electrons. The highest BCUT2D eigenvalue weighted by Gasteiger charge is 2.21. The van der Waals surface area contributed by atoms with Crippen LogP contribution in [0.2, 0.25) is 0 Å². The maximum absolute atomic E-state index is 13.4. The highest BCUT2D eigenvalue weighted by atomic mass is 19.1. The molecule has 3 aromatic rings. The first-order valence-electron chi connectivity index (χ1n) is 10.9. The summed E-state index contributed by atoms with van der Waals surface area (Å²) in [6, 6.07) is 14.7. The summed E-state index contributed by atoms with van der Waals surface area (Å²) in [5.74, 6) is 0.00189. The van der Waals surface area contributed by atoms with Gasteiger partial charge in [0, 0.05) is 50.3 Å². The van der Waals surface area contributed by atoms with Crippen molar-refractivity contribution in [3.63, 3.8) is 0 Å². The first-order chi connectivity index (χ1) is 16.0. The third-order valence-electron chi connectivity index (χ3n) is 5.64. The van der Waals surface area contributed by atoms with Gasteiger partial charge in [-0.15, -0.1) is 0 Å². The smallest absolute Gasteiger partial charge is 0.242 e. The van der Waals surface area contributed by atoms with Crippen LogP contribution in [0.25, 0.3) is 11.4 Å². The molecule has 1 aromatic heterocycles. The van der Waals surface area contributed by atoms with Crippen molar-refractivity contribution in [1.29, 1.82) is 0 Å². The van der Waals surface area contributed by atoms with Gasteiger partial charge in [-0.2, -0.15) is 4.98 Å². The van der Waals surface area contributed by atoms with Crippen LogP contribution in [0, 0.1) is 12.7 Å². The number of benzene rings is 2. The summed E-state index contributed by atoms with van der Waals surface area (Å²) >= 11 is 0. The Kier molecular flexibility index (Phi) is 6.97. The molecular formula is C24H26FN5O3. The van der Waals surface area contributed by atoms with E-state index < -0.39 is 0 Å². The Labute approximate surface area is 191 Å². The summed E-state index contributed by atoms with van der Waals surface area (Å²) < 4.78 is 18.6. The summed E-state index contributed by atoms with van der Waals surface area (Å²) in [4.78, 5) is 32.9. The van der Waals surface area contributed by atoms with Crippen molar-refractivity contribution < 1.29 is 18.5 Å². The average molecular weight is 452 g/mol. The number of halogens is 1. The molecule has 4 rings (SSSR count). The zero-order valence-electron chi connectivity index (χ0n) is 18.5. The fourth-order valence-electron chi connectivity index (χ4n) is 3.71. The Morgan fingerprint density at radius 3 is 2.58 bits per heavy atom. The molecule has 0 unspecified atom stereocenters. The second kappa shape index (κ2) is 10.2. The Hall–Kier alpha value is -3.75. The normalized spacial score (nSPS) is 13.8. The quantitative estimate of drug-likeness (QED) is 0.594. The first kappa shape index (κ1) is 22.4. The Morgan fingerprint density at radius 2 is 1.85 bits per heavy atom. The van der Waals surface area contributed by atoms with Crippen molar-refractivity contribution in [2.24, 2.45) is 0 Å². The van der Waals surface area contributed by atoms with Crippen LogP contribution in [0.15, 0.2) is 53.1 Å². The Morgan fingerprint density at radius 1 is 1.09 bits per heavy atom. The second-order valence-corrected chi connectivity index (χ2v) is 7.96. The van der Waals surface area contributed by atoms with E-state index in [9.17, 15) is 14.0 Å². The Balaban J connectivity index is 1.19. The summed E-state index contributed by atoms with van der Waals surface area (Å²) in [5.41, 5.74) is 2.28. The van der Waals surface area contributed by atoms with Crippen LogP contribution in [-0.2, 0) is 16.0 Å². The molecule has 1 aliphatic heterocycles. The molecule has 1 saturated heterocycles.